The molecule has 0 aliphatic heterocycles. The molecule has 9 heteroatoms. The third kappa shape index (κ3) is 5.83. The van der Waals surface area contributed by atoms with Gasteiger partial charge in [0.2, 0.25) is 0 Å². The minimum absolute atomic E-state index is 0.0540. The molecule has 36 heavy (non-hydrogen) atoms. The third-order valence-corrected chi connectivity index (χ3v) is 13.6. The molecule has 0 radical (unpaired) electrons. The van der Waals surface area contributed by atoms with Crippen LogP contribution in [0.3, 0.4) is 0 Å². The van der Waals surface area contributed by atoms with Crippen molar-refractivity contribution in [3.8, 4) is 17.1 Å². The fourth-order valence-electron chi connectivity index (χ4n) is 5.76. The van der Waals surface area contributed by atoms with Gasteiger partial charge in [0.1, 0.15) is 11.4 Å². The van der Waals surface area contributed by atoms with E-state index in [2.05, 4.69) is 56.8 Å². The Kier molecular flexibility index (Phi) is 9.00. The Morgan fingerprint density at radius 3 is 2.19 bits per heavy atom. The lowest BCUT2D eigenvalue weighted by molar-refractivity contribution is 0.0681. The number of aromatic nitrogens is 2. The van der Waals surface area contributed by atoms with Crippen LogP contribution in [0.1, 0.15) is 77.7 Å². The number of nitrogen functional groups attached to an aromatic ring is 1. The minimum Gasteiger partial charge on any atom is -0.543 e. The Labute approximate surface area is 216 Å². The quantitative estimate of drug-likeness (QED) is 0.314. The van der Waals surface area contributed by atoms with Gasteiger partial charge in [-0.1, -0.05) is 53.7 Å². The number of aromatic carboxylic acids is 1. The number of carboxylic acid groups (broad SMARTS) is 1. The first-order chi connectivity index (χ1) is 17.0. The molecular weight excluding hydrogens is 472 g/mol. The second-order valence-corrected chi connectivity index (χ2v) is 16.1. The predicted molar refractivity (Wildman–Crippen MR) is 147 cm³/mol. The van der Waals surface area contributed by atoms with Crippen LogP contribution in [0.25, 0.3) is 11.4 Å². The van der Waals surface area contributed by atoms with Gasteiger partial charge in [-0.05, 0) is 54.4 Å². The average molecular weight is 515 g/mol. The number of ether oxygens (including phenoxy) is 1. The monoisotopic (exact) mass is 514 g/mol. The number of rotatable bonds is 10. The first-order valence-electron chi connectivity index (χ1n) is 13.0. The SMILES string of the molecule is CO[C@H]1CC[C@@H](Nc2nc(-c3cccc(O[Si](C(C)C)(C(C)C)C(C)C)c3)nc(C(=O)O)c2N)CC1. The van der Waals surface area contributed by atoms with Gasteiger partial charge in [0.05, 0.1) is 6.10 Å². The van der Waals surface area contributed by atoms with E-state index in [4.69, 9.17) is 14.9 Å². The molecule has 0 spiro atoms. The van der Waals surface area contributed by atoms with Gasteiger partial charge in [0, 0.05) is 18.7 Å². The normalized spacial score (nSPS) is 18.6. The molecule has 8 nitrogen and oxygen atoms in total. The largest absolute Gasteiger partial charge is 0.543 e. The summed E-state index contributed by atoms with van der Waals surface area (Å²) in [7, 11) is -0.421. The van der Waals surface area contributed by atoms with E-state index >= 15 is 0 Å². The van der Waals surface area contributed by atoms with Crippen molar-refractivity contribution in [3.05, 3.63) is 30.0 Å². The maximum absolute atomic E-state index is 12.0. The van der Waals surface area contributed by atoms with E-state index in [1.54, 1.807) is 7.11 Å². The summed E-state index contributed by atoms with van der Waals surface area (Å²) in [4.78, 5) is 21.0. The van der Waals surface area contributed by atoms with Crippen LogP contribution in [0.15, 0.2) is 24.3 Å². The molecule has 1 heterocycles. The molecule has 1 aromatic carbocycles. The standard InChI is InChI=1S/C27H42N4O4Si/c1-16(2)36(17(3)4,18(5)6)35-22-10-8-9-19(15-22)25-30-24(27(32)33)23(28)26(31-25)29-20-11-13-21(34-7)14-12-20/h8-10,15-18,20-21H,11-14,28H2,1-7H3,(H,32,33)(H,29,30,31)/t20-,21+. The van der Waals surface area contributed by atoms with Crippen molar-refractivity contribution >= 4 is 25.8 Å². The predicted octanol–water partition coefficient (Wildman–Crippen LogP) is 6.35. The Balaban J connectivity index is 1.97. The molecular formula is C27H42N4O4Si. The van der Waals surface area contributed by atoms with E-state index in [1.165, 1.54) is 0 Å². The number of hydrogen-bond donors (Lipinski definition) is 3. The zero-order chi connectivity index (χ0) is 26.6. The van der Waals surface area contributed by atoms with Crippen LogP contribution in [0.5, 0.6) is 5.75 Å². The number of benzene rings is 1. The third-order valence-electron chi connectivity index (χ3n) is 7.59. The van der Waals surface area contributed by atoms with Crippen molar-refractivity contribution in [1.29, 1.82) is 0 Å². The van der Waals surface area contributed by atoms with Crippen LogP contribution < -0.4 is 15.5 Å². The fourth-order valence-corrected chi connectivity index (χ4v) is 11.0. The van der Waals surface area contributed by atoms with Gasteiger partial charge in [0.15, 0.2) is 17.3 Å². The van der Waals surface area contributed by atoms with Gasteiger partial charge in [-0.2, -0.15) is 0 Å². The smallest absolute Gasteiger partial charge is 0.356 e. The van der Waals surface area contributed by atoms with Crippen molar-refractivity contribution in [2.45, 2.75) is 96.0 Å². The van der Waals surface area contributed by atoms with Gasteiger partial charge in [0.25, 0.3) is 8.32 Å². The lowest BCUT2D eigenvalue weighted by Gasteiger charge is -2.42. The number of carboxylic acids is 1. The Hall–Kier alpha value is -2.65. The number of nitrogens with two attached hydrogens (primary N) is 1. The lowest BCUT2D eigenvalue weighted by atomic mass is 9.93. The second-order valence-electron chi connectivity index (χ2n) is 10.8. The van der Waals surface area contributed by atoms with Crippen LogP contribution in [-0.2, 0) is 4.74 Å². The van der Waals surface area contributed by atoms with Crippen LogP contribution >= 0.6 is 0 Å². The summed E-state index contributed by atoms with van der Waals surface area (Å²) in [5, 5.41) is 13.2. The molecule has 2 aromatic rings. The maximum Gasteiger partial charge on any atom is 0.356 e. The topological polar surface area (TPSA) is 120 Å². The molecule has 1 aliphatic carbocycles. The van der Waals surface area contributed by atoms with E-state index in [0.717, 1.165) is 31.4 Å². The number of methoxy groups -OCH3 is 1. The summed E-state index contributed by atoms with van der Waals surface area (Å²) < 4.78 is 12.3. The number of anilines is 2. The molecule has 1 saturated carbocycles. The highest BCUT2D eigenvalue weighted by atomic mass is 28.4. The molecule has 0 unspecified atom stereocenters. The summed E-state index contributed by atoms with van der Waals surface area (Å²) in [5.41, 5.74) is 8.03. The van der Waals surface area contributed by atoms with E-state index in [9.17, 15) is 9.90 Å². The minimum atomic E-state index is -2.16. The van der Waals surface area contributed by atoms with Crippen molar-refractivity contribution < 1.29 is 19.1 Å². The summed E-state index contributed by atoms with van der Waals surface area (Å²) >= 11 is 0. The fraction of sp³-hybridized carbons (Fsp3) is 0.593. The highest BCUT2D eigenvalue weighted by Crippen LogP contribution is 2.43. The molecule has 0 amide bonds. The van der Waals surface area contributed by atoms with Gasteiger partial charge < -0.3 is 25.3 Å². The number of nitrogens with zero attached hydrogens (tertiary/aromatic N) is 2. The van der Waals surface area contributed by atoms with E-state index in [-0.39, 0.29) is 23.5 Å². The zero-order valence-corrected chi connectivity index (χ0v) is 23.7. The van der Waals surface area contributed by atoms with Crippen molar-refractivity contribution in [1.82, 2.24) is 9.97 Å². The Bertz CT molecular complexity index is 1030. The lowest BCUT2D eigenvalue weighted by Crippen LogP contribution is -2.50. The molecule has 3 rings (SSSR count). The molecule has 0 bridgehead atoms. The molecule has 1 aromatic heterocycles. The van der Waals surface area contributed by atoms with Gasteiger partial charge in [-0.3, -0.25) is 0 Å². The molecule has 0 saturated heterocycles. The van der Waals surface area contributed by atoms with Crippen molar-refractivity contribution in [2.24, 2.45) is 0 Å². The zero-order valence-electron chi connectivity index (χ0n) is 22.7. The van der Waals surface area contributed by atoms with Gasteiger partial charge in [-0.25, -0.2) is 14.8 Å². The van der Waals surface area contributed by atoms with Crippen LogP contribution in [0.4, 0.5) is 11.5 Å². The maximum atomic E-state index is 12.0. The first-order valence-corrected chi connectivity index (χ1v) is 15.1. The van der Waals surface area contributed by atoms with E-state index in [0.29, 0.717) is 33.8 Å². The highest BCUT2D eigenvalue weighted by molar-refractivity contribution is 6.78. The summed E-state index contributed by atoms with van der Waals surface area (Å²) in [5.74, 6) is 0.256. The molecule has 0 atom stereocenters. The summed E-state index contributed by atoms with van der Waals surface area (Å²) in [6.07, 6.45) is 3.93. The van der Waals surface area contributed by atoms with E-state index in [1.807, 2.05) is 24.3 Å². The van der Waals surface area contributed by atoms with E-state index < -0.39 is 14.3 Å². The average Bonchev–Trinajstić information content (AvgIpc) is 2.83. The van der Waals surface area contributed by atoms with Gasteiger partial charge >= 0.3 is 5.97 Å². The van der Waals surface area contributed by atoms with Crippen molar-refractivity contribution in [3.63, 3.8) is 0 Å². The Morgan fingerprint density at radius 2 is 1.67 bits per heavy atom. The number of nitrogens with one attached hydrogen (secondary N) is 1. The summed E-state index contributed by atoms with van der Waals surface area (Å²) in [6.45, 7) is 13.5. The van der Waals surface area contributed by atoms with Crippen LogP contribution in [-0.4, -0.2) is 48.6 Å². The Morgan fingerprint density at radius 1 is 1.06 bits per heavy atom. The molecule has 1 aliphatic rings. The summed E-state index contributed by atoms with van der Waals surface area (Å²) in [6, 6.07) is 7.80. The number of hydrogen-bond acceptors (Lipinski definition) is 7. The second kappa shape index (κ2) is 11.6. The van der Waals surface area contributed by atoms with Crippen molar-refractivity contribution in [2.75, 3.05) is 18.2 Å². The molecule has 1 fully saturated rings. The first kappa shape index (κ1) is 27.9. The molecule has 198 valence electrons. The number of carbonyl (C=O) groups is 1. The van der Waals surface area contributed by atoms with Crippen LogP contribution in [0, 0.1) is 0 Å². The molecule has 4 N–H and O–H groups in total. The highest BCUT2D eigenvalue weighted by Gasteiger charge is 2.47. The van der Waals surface area contributed by atoms with Gasteiger partial charge in [-0.15, -0.1) is 0 Å². The van der Waals surface area contributed by atoms with Crippen LogP contribution in [0.2, 0.25) is 16.6 Å².